The van der Waals surface area contributed by atoms with Crippen LogP contribution < -0.4 is 10.5 Å². The summed E-state index contributed by atoms with van der Waals surface area (Å²) >= 11 is 0. The highest BCUT2D eigenvalue weighted by atomic mass is 16.5. The Labute approximate surface area is 100 Å². The van der Waals surface area contributed by atoms with Crippen molar-refractivity contribution < 1.29 is 4.74 Å². The highest BCUT2D eigenvalue weighted by molar-refractivity contribution is 5.34. The second-order valence-corrected chi connectivity index (χ2v) is 3.76. The predicted octanol–water partition coefficient (Wildman–Crippen LogP) is 1.69. The first-order valence-corrected chi connectivity index (χ1v) is 5.54. The van der Waals surface area contributed by atoms with E-state index in [0.717, 1.165) is 17.8 Å². The van der Waals surface area contributed by atoms with E-state index in [9.17, 15) is 0 Å². The van der Waals surface area contributed by atoms with Crippen LogP contribution in [0, 0.1) is 0 Å². The third-order valence-corrected chi connectivity index (χ3v) is 2.69. The molecule has 0 aliphatic rings. The van der Waals surface area contributed by atoms with Gasteiger partial charge in [-0.25, -0.2) is 9.97 Å². The van der Waals surface area contributed by atoms with Crippen LogP contribution in [0.3, 0.4) is 0 Å². The maximum absolute atomic E-state index is 6.03. The van der Waals surface area contributed by atoms with E-state index in [0.29, 0.717) is 5.88 Å². The first-order chi connectivity index (χ1) is 8.26. The van der Waals surface area contributed by atoms with Gasteiger partial charge in [-0.1, -0.05) is 6.92 Å². The fourth-order valence-electron chi connectivity index (χ4n) is 1.64. The van der Waals surface area contributed by atoms with Crippen molar-refractivity contribution in [3.8, 4) is 11.6 Å². The van der Waals surface area contributed by atoms with Gasteiger partial charge in [-0.15, -0.1) is 0 Å². The Morgan fingerprint density at radius 3 is 2.82 bits per heavy atom. The van der Waals surface area contributed by atoms with E-state index in [2.05, 4.69) is 9.97 Å². The number of ether oxygens (including phenoxy) is 1. The number of hydrogen-bond donors (Lipinski definition) is 1. The van der Waals surface area contributed by atoms with Gasteiger partial charge < -0.3 is 15.0 Å². The summed E-state index contributed by atoms with van der Waals surface area (Å²) < 4.78 is 6.97. The monoisotopic (exact) mass is 232 g/mol. The number of methoxy groups -OCH3 is 1. The van der Waals surface area contributed by atoms with Crippen molar-refractivity contribution in [3.05, 3.63) is 36.5 Å². The second kappa shape index (κ2) is 4.97. The zero-order valence-electron chi connectivity index (χ0n) is 10.00. The lowest BCUT2D eigenvalue weighted by Gasteiger charge is -2.12. The standard InChI is InChI=1S/C12H16N4O/c1-3-10(13)11-7-14-8-16(11)9-4-5-12(17-2)15-6-9/h4-8,10H,3,13H2,1-2H3/t10-/m1/s1. The van der Waals surface area contributed by atoms with E-state index in [1.165, 1.54) is 0 Å². The number of aromatic nitrogens is 3. The zero-order chi connectivity index (χ0) is 12.3. The van der Waals surface area contributed by atoms with E-state index >= 15 is 0 Å². The Balaban J connectivity index is 2.35. The SMILES string of the molecule is CC[C@@H](N)c1cncn1-c1ccc(OC)nc1. The molecule has 0 amide bonds. The third-order valence-electron chi connectivity index (χ3n) is 2.69. The Bertz CT molecular complexity index is 478. The fraction of sp³-hybridized carbons (Fsp3) is 0.333. The molecule has 0 aromatic carbocycles. The summed E-state index contributed by atoms with van der Waals surface area (Å²) in [6.45, 7) is 2.05. The molecule has 0 aliphatic carbocycles. The Hall–Kier alpha value is -1.88. The summed E-state index contributed by atoms with van der Waals surface area (Å²) in [5.74, 6) is 0.593. The van der Waals surface area contributed by atoms with Gasteiger partial charge in [0.25, 0.3) is 0 Å². The van der Waals surface area contributed by atoms with Crippen LogP contribution in [-0.4, -0.2) is 21.6 Å². The minimum atomic E-state index is -0.0143. The summed E-state index contributed by atoms with van der Waals surface area (Å²) in [6.07, 6.45) is 6.15. The maximum atomic E-state index is 6.03. The lowest BCUT2D eigenvalue weighted by Crippen LogP contribution is -2.13. The molecule has 0 aliphatic heterocycles. The van der Waals surface area contributed by atoms with Gasteiger partial charge in [0.1, 0.15) is 0 Å². The van der Waals surface area contributed by atoms with Crippen LogP contribution in [0.15, 0.2) is 30.9 Å². The Morgan fingerprint density at radius 1 is 1.41 bits per heavy atom. The minimum Gasteiger partial charge on any atom is -0.481 e. The molecule has 0 fully saturated rings. The number of imidazole rings is 1. The normalized spacial score (nSPS) is 12.4. The first-order valence-electron chi connectivity index (χ1n) is 5.54. The average molecular weight is 232 g/mol. The molecule has 2 N–H and O–H groups in total. The van der Waals surface area contributed by atoms with E-state index in [4.69, 9.17) is 10.5 Å². The molecule has 0 bridgehead atoms. The molecule has 1 atom stereocenters. The van der Waals surface area contributed by atoms with Gasteiger partial charge in [-0.05, 0) is 12.5 Å². The molecule has 2 aromatic rings. The molecular formula is C12H16N4O. The molecular weight excluding hydrogens is 216 g/mol. The van der Waals surface area contributed by atoms with Crippen LogP contribution in [-0.2, 0) is 0 Å². The zero-order valence-corrected chi connectivity index (χ0v) is 10.00. The summed E-state index contributed by atoms with van der Waals surface area (Å²) in [6, 6.07) is 3.73. The molecule has 0 saturated heterocycles. The molecule has 0 spiro atoms. The predicted molar refractivity (Wildman–Crippen MR) is 65.1 cm³/mol. The summed E-state index contributed by atoms with van der Waals surface area (Å²) in [7, 11) is 1.59. The molecule has 2 heterocycles. The summed E-state index contributed by atoms with van der Waals surface area (Å²) in [5.41, 5.74) is 7.95. The van der Waals surface area contributed by atoms with E-state index in [1.54, 1.807) is 25.8 Å². The highest BCUT2D eigenvalue weighted by Crippen LogP contribution is 2.18. The van der Waals surface area contributed by atoms with Crippen LogP contribution in [0.5, 0.6) is 5.88 Å². The van der Waals surface area contributed by atoms with Crippen molar-refractivity contribution >= 4 is 0 Å². The molecule has 90 valence electrons. The van der Waals surface area contributed by atoms with E-state index < -0.39 is 0 Å². The molecule has 17 heavy (non-hydrogen) atoms. The maximum Gasteiger partial charge on any atom is 0.213 e. The van der Waals surface area contributed by atoms with Gasteiger partial charge in [0, 0.05) is 12.1 Å². The third kappa shape index (κ3) is 2.29. The van der Waals surface area contributed by atoms with Gasteiger partial charge in [-0.3, -0.25) is 0 Å². The van der Waals surface area contributed by atoms with E-state index in [1.807, 2.05) is 23.6 Å². The fourth-order valence-corrected chi connectivity index (χ4v) is 1.64. The molecule has 0 radical (unpaired) electrons. The number of rotatable bonds is 4. The average Bonchev–Trinajstić information content (AvgIpc) is 2.87. The van der Waals surface area contributed by atoms with Gasteiger partial charge in [0.15, 0.2) is 0 Å². The number of nitrogens with zero attached hydrogens (tertiary/aromatic N) is 3. The van der Waals surface area contributed by atoms with Crippen molar-refractivity contribution in [2.75, 3.05) is 7.11 Å². The lowest BCUT2D eigenvalue weighted by atomic mass is 10.2. The first kappa shape index (κ1) is 11.6. The Kier molecular flexibility index (Phi) is 3.39. The number of pyridine rings is 1. The molecule has 2 aromatic heterocycles. The molecule has 2 rings (SSSR count). The summed E-state index contributed by atoms with van der Waals surface area (Å²) in [4.78, 5) is 8.30. The Morgan fingerprint density at radius 2 is 2.24 bits per heavy atom. The largest absolute Gasteiger partial charge is 0.481 e. The summed E-state index contributed by atoms with van der Waals surface area (Å²) in [5, 5.41) is 0. The second-order valence-electron chi connectivity index (χ2n) is 3.76. The molecule has 5 nitrogen and oxygen atoms in total. The van der Waals surface area contributed by atoms with Crippen molar-refractivity contribution in [3.63, 3.8) is 0 Å². The van der Waals surface area contributed by atoms with Gasteiger partial charge in [0.2, 0.25) is 5.88 Å². The van der Waals surface area contributed by atoms with Crippen LogP contribution in [0.2, 0.25) is 0 Å². The molecule has 5 heteroatoms. The van der Waals surface area contributed by atoms with E-state index in [-0.39, 0.29) is 6.04 Å². The van der Waals surface area contributed by atoms with Gasteiger partial charge >= 0.3 is 0 Å². The quantitative estimate of drug-likeness (QED) is 0.871. The van der Waals surface area contributed by atoms with Crippen LogP contribution in [0.25, 0.3) is 5.69 Å². The number of hydrogen-bond acceptors (Lipinski definition) is 4. The van der Waals surface area contributed by atoms with Crippen molar-refractivity contribution in [1.29, 1.82) is 0 Å². The minimum absolute atomic E-state index is 0.0143. The van der Waals surface area contributed by atoms with Crippen molar-refractivity contribution in [2.45, 2.75) is 19.4 Å². The smallest absolute Gasteiger partial charge is 0.213 e. The molecule has 0 saturated carbocycles. The van der Waals surface area contributed by atoms with Crippen molar-refractivity contribution in [1.82, 2.24) is 14.5 Å². The number of nitrogens with two attached hydrogens (primary N) is 1. The van der Waals surface area contributed by atoms with Gasteiger partial charge in [-0.2, -0.15) is 0 Å². The molecule has 0 unspecified atom stereocenters. The van der Waals surface area contributed by atoms with Crippen molar-refractivity contribution in [2.24, 2.45) is 5.73 Å². The topological polar surface area (TPSA) is 66.0 Å². The van der Waals surface area contributed by atoms with Gasteiger partial charge in [0.05, 0.1) is 37.2 Å². The highest BCUT2D eigenvalue weighted by Gasteiger charge is 2.10. The van der Waals surface area contributed by atoms with Crippen LogP contribution in [0.4, 0.5) is 0 Å². The lowest BCUT2D eigenvalue weighted by molar-refractivity contribution is 0.398. The van der Waals surface area contributed by atoms with Crippen LogP contribution in [0.1, 0.15) is 25.1 Å². The van der Waals surface area contributed by atoms with Crippen LogP contribution >= 0.6 is 0 Å².